The highest BCUT2D eigenvalue weighted by Gasteiger charge is 2.13. The Morgan fingerprint density at radius 1 is 1.30 bits per heavy atom. The van der Waals surface area contributed by atoms with Crippen molar-refractivity contribution in [1.29, 1.82) is 0 Å². The molecule has 0 radical (unpaired) electrons. The van der Waals surface area contributed by atoms with Gasteiger partial charge in [-0.05, 0) is 24.2 Å². The molecule has 0 bridgehead atoms. The van der Waals surface area contributed by atoms with E-state index < -0.39 is 0 Å². The van der Waals surface area contributed by atoms with Gasteiger partial charge in [-0.2, -0.15) is 0 Å². The van der Waals surface area contributed by atoms with E-state index in [1.54, 1.807) is 7.11 Å². The average molecular weight is 336 g/mol. The lowest BCUT2D eigenvalue weighted by Crippen LogP contribution is -2.23. The second-order valence-corrected chi connectivity index (χ2v) is 5.34. The van der Waals surface area contributed by atoms with E-state index in [1.165, 1.54) is 11.9 Å². The second-order valence-electron chi connectivity index (χ2n) is 4.42. The van der Waals surface area contributed by atoms with Gasteiger partial charge in [0.25, 0.3) is 0 Å². The molecule has 2 aromatic rings. The third kappa shape index (κ3) is 4.02. The second kappa shape index (κ2) is 7.36. The minimum atomic E-state index is 0.220. The number of halogens is 1. The number of benzene rings is 1. The molecule has 4 nitrogen and oxygen atoms in total. The van der Waals surface area contributed by atoms with Gasteiger partial charge < -0.3 is 10.1 Å². The zero-order chi connectivity index (χ0) is 14.4. The fourth-order valence-electron chi connectivity index (χ4n) is 2.09. The van der Waals surface area contributed by atoms with Crippen LogP contribution in [0.1, 0.15) is 24.2 Å². The summed E-state index contributed by atoms with van der Waals surface area (Å²) in [6.07, 6.45) is 2.33. The van der Waals surface area contributed by atoms with E-state index >= 15 is 0 Å². The number of nitrogens with one attached hydrogen (secondary N) is 1. The topological polar surface area (TPSA) is 47.0 Å². The number of likely N-dealkylation sites (N-methyl/N-ethyl adjacent to an activating group) is 1. The molecule has 1 heterocycles. The number of hydrogen-bond acceptors (Lipinski definition) is 4. The molecule has 1 aromatic heterocycles. The zero-order valence-electron chi connectivity index (χ0n) is 11.6. The van der Waals surface area contributed by atoms with Gasteiger partial charge in [0.1, 0.15) is 6.33 Å². The van der Waals surface area contributed by atoms with Gasteiger partial charge >= 0.3 is 0 Å². The number of aromatic nitrogens is 2. The van der Waals surface area contributed by atoms with Crippen molar-refractivity contribution < 1.29 is 4.74 Å². The van der Waals surface area contributed by atoms with Crippen molar-refractivity contribution in [1.82, 2.24) is 15.3 Å². The summed E-state index contributed by atoms with van der Waals surface area (Å²) in [5.41, 5.74) is 2.20. The van der Waals surface area contributed by atoms with E-state index in [-0.39, 0.29) is 6.04 Å². The van der Waals surface area contributed by atoms with Crippen LogP contribution in [-0.2, 0) is 6.42 Å². The molecule has 0 spiro atoms. The highest BCUT2D eigenvalue weighted by molar-refractivity contribution is 9.10. The maximum Gasteiger partial charge on any atom is 0.216 e. The van der Waals surface area contributed by atoms with Crippen molar-refractivity contribution in [3.05, 3.63) is 52.4 Å². The van der Waals surface area contributed by atoms with E-state index in [2.05, 4.69) is 50.3 Å². The highest BCUT2D eigenvalue weighted by Crippen LogP contribution is 2.22. The molecule has 0 aliphatic rings. The molecule has 0 saturated carbocycles. The predicted molar refractivity (Wildman–Crippen MR) is 82.8 cm³/mol. The van der Waals surface area contributed by atoms with Gasteiger partial charge in [0.2, 0.25) is 5.88 Å². The van der Waals surface area contributed by atoms with E-state index in [0.717, 1.165) is 23.1 Å². The normalized spacial score (nSPS) is 12.2. The Kier molecular flexibility index (Phi) is 5.49. The van der Waals surface area contributed by atoms with E-state index in [0.29, 0.717) is 5.88 Å². The molecule has 5 heteroatoms. The lowest BCUT2D eigenvalue weighted by molar-refractivity contribution is 0.395. The van der Waals surface area contributed by atoms with Crippen LogP contribution in [0, 0.1) is 0 Å². The van der Waals surface area contributed by atoms with Crippen molar-refractivity contribution >= 4 is 15.9 Å². The van der Waals surface area contributed by atoms with Crippen LogP contribution in [0.2, 0.25) is 0 Å². The molecule has 0 amide bonds. The SMILES string of the molecule is CCNC(Cc1cc(OC)ncn1)c1cccc(Br)c1. The van der Waals surface area contributed by atoms with Crippen LogP contribution in [-0.4, -0.2) is 23.6 Å². The zero-order valence-corrected chi connectivity index (χ0v) is 13.2. The third-order valence-electron chi connectivity index (χ3n) is 3.02. The minimum absolute atomic E-state index is 0.220. The molecule has 0 aliphatic heterocycles. The predicted octanol–water partition coefficient (Wildman–Crippen LogP) is 3.14. The van der Waals surface area contributed by atoms with Gasteiger partial charge in [-0.25, -0.2) is 9.97 Å². The van der Waals surface area contributed by atoms with E-state index in [4.69, 9.17) is 4.74 Å². The summed E-state index contributed by atoms with van der Waals surface area (Å²) < 4.78 is 6.22. The van der Waals surface area contributed by atoms with Crippen molar-refractivity contribution in [3.8, 4) is 5.88 Å². The Morgan fingerprint density at radius 2 is 2.15 bits per heavy atom. The first kappa shape index (κ1) is 14.9. The molecule has 2 rings (SSSR count). The summed E-state index contributed by atoms with van der Waals surface area (Å²) in [5.74, 6) is 0.597. The summed E-state index contributed by atoms with van der Waals surface area (Å²) in [5, 5.41) is 3.49. The monoisotopic (exact) mass is 335 g/mol. The third-order valence-corrected chi connectivity index (χ3v) is 3.52. The Hall–Kier alpha value is -1.46. The van der Waals surface area contributed by atoms with Crippen LogP contribution in [0.4, 0.5) is 0 Å². The van der Waals surface area contributed by atoms with Gasteiger partial charge in [-0.3, -0.25) is 0 Å². The summed E-state index contributed by atoms with van der Waals surface area (Å²) in [6, 6.07) is 10.4. The van der Waals surface area contributed by atoms with Gasteiger partial charge in [0, 0.05) is 28.7 Å². The first-order chi connectivity index (χ1) is 9.72. The van der Waals surface area contributed by atoms with Crippen LogP contribution >= 0.6 is 15.9 Å². The maximum absolute atomic E-state index is 5.14. The first-order valence-electron chi connectivity index (χ1n) is 6.56. The average Bonchev–Trinajstić information content (AvgIpc) is 2.47. The summed E-state index contributed by atoms with van der Waals surface area (Å²) >= 11 is 3.52. The Morgan fingerprint density at radius 3 is 2.85 bits per heavy atom. The lowest BCUT2D eigenvalue weighted by Gasteiger charge is -2.18. The number of methoxy groups -OCH3 is 1. The maximum atomic E-state index is 5.14. The van der Waals surface area contributed by atoms with Crippen LogP contribution in [0.3, 0.4) is 0 Å². The van der Waals surface area contributed by atoms with Crippen LogP contribution in [0.25, 0.3) is 0 Å². The summed E-state index contributed by atoms with van der Waals surface area (Å²) in [7, 11) is 1.61. The van der Waals surface area contributed by atoms with Crippen molar-refractivity contribution in [2.75, 3.05) is 13.7 Å². The molecule has 20 heavy (non-hydrogen) atoms. The molecule has 1 aromatic carbocycles. The Labute approximate surface area is 127 Å². The largest absolute Gasteiger partial charge is 0.481 e. The molecular formula is C15H18BrN3O. The van der Waals surface area contributed by atoms with Crippen LogP contribution < -0.4 is 10.1 Å². The number of nitrogens with zero attached hydrogens (tertiary/aromatic N) is 2. The van der Waals surface area contributed by atoms with Crippen molar-refractivity contribution in [2.24, 2.45) is 0 Å². The van der Waals surface area contributed by atoms with E-state index in [9.17, 15) is 0 Å². The molecular weight excluding hydrogens is 318 g/mol. The summed E-state index contributed by atoms with van der Waals surface area (Å²) in [4.78, 5) is 8.35. The standard InChI is InChI=1S/C15H18BrN3O/c1-3-17-14(11-5-4-6-12(16)7-11)8-13-9-15(20-2)19-10-18-13/h4-7,9-10,14,17H,3,8H2,1-2H3. The first-order valence-corrected chi connectivity index (χ1v) is 7.36. The smallest absolute Gasteiger partial charge is 0.216 e. The fourth-order valence-corrected chi connectivity index (χ4v) is 2.50. The molecule has 0 saturated heterocycles. The Balaban J connectivity index is 2.20. The molecule has 106 valence electrons. The molecule has 1 atom stereocenters. The summed E-state index contributed by atoms with van der Waals surface area (Å²) in [6.45, 7) is 3.00. The van der Waals surface area contributed by atoms with Gasteiger partial charge in [0.05, 0.1) is 7.11 Å². The van der Waals surface area contributed by atoms with Crippen LogP contribution in [0.5, 0.6) is 5.88 Å². The van der Waals surface area contributed by atoms with Crippen molar-refractivity contribution in [2.45, 2.75) is 19.4 Å². The van der Waals surface area contributed by atoms with Crippen LogP contribution in [0.15, 0.2) is 41.1 Å². The van der Waals surface area contributed by atoms with Gasteiger partial charge in [0.15, 0.2) is 0 Å². The Bertz CT molecular complexity index is 562. The molecule has 0 aliphatic carbocycles. The number of hydrogen-bond donors (Lipinski definition) is 1. The number of rotatable bonds is 6. The molecule has 0 fully saturated rings. The lowest BCUT2D eigenvalue weighted by atomic mass is 10.0. The van der Waals surface area contributed by atoms with E-state index in [1.807, 2.05) is 18.2 Å². The van der Waals surface area contributed by atoms with Gasteiger partial charge in [-0.1, -0.05) is 35.0 Å². The number of ether oxygens (including phenoxy) is 1. The minimum Gasteiger partial charge on any atom is -0.481 e. The molecule has 1 unspecified atom stereocenters. The fraction of sp³-hybridized carbons (Fsp3) is 0.333. The van der Waals surface area contributed by atoms with Crippen molar-refractivity contribution in [3.63, 3.8) is 0 Å². The van der Waals surface area contributed by atoms with Gasteiger partial charge in [-0.15, -0.1) is 0 Å². The quantitative estimate of drug-likeness (QED) is 0.880. The molecule has 1 N–H and O–H groups in total. The highest BCUT2D eigenvalue weighted by atomic mass is 79.9.